The van der Waals surface area contributed by atoms with Crippen LogP contribution in [-0.2, 0) is 38.4 Å². The van der Waals surface area contributed by atoms with Gasteiger partial charge in [-0.05, 0) is 53.9 Å². The molecule has 47 heavy (non-hydrogen) atoms. The van der Waals surface area contributed by atoms with Crippen molar-refractivity contribution in [2.24, 2.45) is 22.2 Å². The van der Waals surface area contributed by atoms with E-state index in [0.717, 1.165) is 22.0 Å². The maximum absolute atomic E-state index is 13.7. The number of carbonyl (C=O) groups excluding carboxylic acids is 4. The van der Waals surface area contributed by atoms with Crippen LogP contribution in [0.3, 0.4) is 0 Å². The molecule has 1 aromatic heterocycles. The van der Waals surface area contributed by atoms with Gasteiger partial charge in [0.2, 0.25) is 23.6 Å². The molecule has 0 saturated heterocycles. The average Bonchev–Trinajstić information content (AvgIpc) is 3.44. The number of nitrogens with one attached hydrogen (secondary N) is 4. The second kappa shape index (κ2) is 15.6. The minimum Gasteiger partial charge on any atom is -0.508 e. The number of benzene rings is 3. The van der Waals surface area contributed by atoms with Crippen LogP contribution in [0.25, 0.3) is 10.9 Å². The maximum atomic E-state index is 13.7. The molecule has 0 radical (unpaired) electrons. The molecule has 4 aromatic rings. The number of hydrogen-bond acceptors (Lipinski definition) is 6. The summed E-state index contributed by atoms with van der Waals surface area (Å²) in [5.74, 6) is -2.97. The highest BCUT2D eigenvalue weighted by atomic mass is 35.5. The van der Waals surface area contributed by atoms with Gasteiger partial charge in [-0.15, -0.1) is 0 Å². The van der Waals surface area contributed by atoms with E-state index in [0.29, 0.717) is 10.6 Å². The minimum absolute atomic E-state index is 0.0558. The number of amides is 4. The molecule has 13 nitrogen and oxygen atoms in total. The molecule has 4 atom stereocenters. The number of fused-ring (bicyclic) bond motifs is 1. The first kappa shape index (κ1) is 34.3. The fourth-order valence-electron chi connectivity index (χ4n) is 4.98. The molecule has 4 rings (SSSR count). The van der Waals surface area contributed by atoms with E-state index in [1.54, 1.807) is 42.6 Å². The molecule has 0 saturated carbocycles. The predicted molar refractivity (Wildman–Crippen MR) is 179 cm³/mol. The number of H-pyrrole nitrogens is 1. The minimum atomic E-state index is -1.15. The van der Waals surface area contributed by atoms with Crippen LogP contribution in [-0.4, -0.2) is 63.8 Å². The number of nitrogens with zero attached hydrogens (tertiary/aromatic N) is 1. The summed E-state index contributed by atoms with van der Waals surface area (Å²) in [6, 6.07) is 16.0. The first-order valence-corrected chi connectivity index (χ1v) is 15.1. The number of guanidine groups is 1. The molecule has 11 N–H and O–H groups in total. The van der Waals surface area contributed by atoms with Gasteiger partial charge in [0.25, 0.3) is 0 Å². The van der Waals surface area contributed by atoms with Crippen molar-refractivity contribution in [1.29, 1.82) is 0 Å². The van der Waals surface area contributed by atoms with Crippen molar-refractivity contribution in [1.82, 2.24) is 20.9 Å². The summed E-state index contributed by atoms with van der Waals surface area (Å²) in [5, 5.41) is 18.9. The lowest BCUT2D eigenvalue weighted by Crippen LogP contribution is -2.57. The first-order chi connectivity index (χ1) is 22.4. The van der Waals surface area contributed by atoms with Crippen LogP contribution in [0.1, 0.15) is 23.6 Å². The molecule has 3 aromatic carbocycles. The molecular weight excluding hydrogens is 624 g/mol. The molecule has 0 spiro atoms. The van der Waals surface area contributed by atoms with Gasteiger partial charge in [0.05, 0.1) is 0 Å². The fourth-order valence-corrected chi connectivity index (χ4v) is 5.11. The Morgan fingerprint density at radius 2 is 1.40 bits per heavy atom. The number of carbonyl (C=O) groups is 4. The Balaban J connectivity index is 1.51. The number of hydrogen-bond donors (Lipinski definition) is 8. The van der Waals surface area contributed by atoms with Crippen molar-refractivity contribution < 1.29 is 24.3 Å². The topological polar surface area (TPSA) is 231 Å². The van der Waals surface area contributed by atoms with Crippen LogP contribution in [0.2, 0.25) is 5.02 Å². The molecule has 0 aliphatic rings. The number of aromatic hydroxyl groups is 1. The van der Waals surface area contributed by atoms with Gasteiger partial charge in [0.15, 0.2) is 5.96 Å². The number of aromatic nitrogens is 1. The van der Waals surface area contributed by atoms with Crippen molar-refractivity contribution in [2.75, 3.05) is 0 Å². The number of aromatic amines is 1. The Morgan fingerprint density at radius 3 is 2.06 bits per heavy atom. The van der Waals surface area contributed by atoms with Crippen molar-refractivity contribution in [3.63, 3.8) is 0 Å². The van der Waals surface area contributed by atoms with Crippen LogP contribution < -0.4 is 33.2 Å². The van der Waals surface area contributed by atoms with E-state index in [1.165, 1.54) is 19.1 Å². The standard InChI is InChI=1S/C33H37ClN8O5/c1-18(39-31(46)27(42-33(36)37)15-20-8-12-23(43)13-9-20)30(45)41-28(16-21-17-38-25-5-3-2-4-24(21)25)32(47)40-26(29(35)44)14-19-6-10-22(34)11-7-19/h2-13,17-18,26-28,38,43H,14-16H2,1H3,(H2,35,44)(H,39,46)(H,40,47)(H,41,45)(H4,36,37,42)/t18-,26+,27+,28+/m1/s1. The summed E-state index contributed by atoms with van der Waals surface area (Å²) in [6.45, 7) is 1.45. The number of phenolic OH excluding ortho intramolecular Hbond substituents is 1. The van der Waals surface area contributed by atoms with E-state index in [2.05, 4.69) is 25.9 Å². The highest BCUT2D eigenvalue weighted by molar-refractivity contribution is 6.30. The summed E-state index contributed by atoms with van der Waals surface area (Å²) in [5.41, 5.74) is 19.7. The van der Waals surface area contributed by atoms with Crippen LogP contribution in [0.4, 0.5) is 0 Å². The molecule has 1 heterocycles. The van der Waals surface area contributed by atoms with Gasteiger partial charge in [-0.25, -0.2) is 4.99 Å². The molecule has 0 aliphatic carbocycles. The second-order valence-electron chi connectivity index (χ2n) is 11.1. The second-order valence-corrected chi connectivity index (χ2v) is 11.5. The van der Waals surface area contributed by atoms with Crippen LogP contribution in [0.15, 0.2) is 84.0 Å². The smallest absolute Gasteiger partial charge is 0.245 e. The largest absolute Gasteiger partial charge is 0.508 e. The van der Waals surface area contributed by atoms with Gasteiger partial charge in [-0.3, -0.25) is 19.2 Å². The number of primary amides is 1. The lowest BCUT2D eigenvalue weighted by Gasteiger charge is -2.24. The number of aliphatic imine (C=N–C) groups is 1. The summed E-state index contributed by atoms with van der Waals surface area (Å²) < 4.78 is 0. The molecule has 4 amide bonds. The predicted octanol–water partition coefficient (Wildman–Crippen LogP) is 1.16. The normalized spacial score (nSPS) is 13.5. The average molecular weight is 661 g/mol. The molecule has 246 valence electrons. The maximum Gasteiger partial charge on any atom is 0.245 e. The van der Waals surface area contributed by atoms with Crippen molar-refractivity contribution in [2.45, 2.75) is 50.4 Å². The van der Waals surface area contributed by atoms with Crippen LogP contribution in [0, 0.1) is 0 Å². The monoisotopic (exact) mass is 660 g/mol. The summed E-state index contributed by atoms with van der Waals surface area (Å²) in [6.07, 6.45) is 1.99. The Labute approximate surface area is 275 Å². The first-order valence-electron chi connectivity index (χ1n) is 14.8. The molecule has 0 unspecified atom stereocenters. The number of halogens is 1. The van der Waals surface area contributed by atoms with Crippen molar-refractivity contribution in [3.05, 3.63) is 101 Å². The van der Waals surface area contributed by atoms with Gasteiger partial charge in [0.1, 0.15) is 29.9 Å². The Kier molecular flexibility index (Phi) is 11.4. The SMILES string of the molecule is C[C@@H](NC(=O)[C@H](Cc1ccc(O)cc1)N=C(N)N)C(=O)N[C@@H](Cc1c[nH]c2ccccc12)C(=O)N[C@@H](Cc1ccc(Cl)cc1)C(N)=O. The van der Waals surface area contributed by atoms with E-state index in [1.807, 2.05) is 24.3 Å². The Bertz CT molecular complexity index is 1750. The third-order valence-corrected chi connectivity index (χ3v) is 7.72. The molecule has 0 aliphatic heterocycles. The highest BCUT2D eigenvalue weighted by Crippen LogP contribution is 2.20. The lowest BCUT2D eigenvalue weighted by molar-refractivity contribution is -0.133. The van der Waals surface area contributed by atoms with E-state index in [4.69, 9.17) is 28.8 Å². The molecule has 0 fully saturated rings. The fraction of sp³-hybridized carbons (Fsp3) is 0.242. The molecular formula is C33H37ClN8O5. The number of para-hydroxylation sites is 1. The third-order valence-electron chi connectivity index (χ3n) is 7.47. The van der Waals surface area contributed by atoms with Gasteiger partial charge in [0, 0.05) is 41.4 Å². The number of phenols is 1. The number of rotatable bonds is 14. The highest BCUT2D eigenvalue weighted by Gasteiger charge is 2.30. The van der Waals surface area contributed by atoms with E-state index in [9.17, 15) is 24.3 Å². The van der Waals surface area contributed by atoms with Gasteiger partial charge in [-0.1, -0.05) is 54.1 Å². The van der Waals surface area contributed by atoms with Gasteiger partial charge in [-0.2, -0.15) is 0 Å². The summed E-state index contributed by atoms with van der Waals surface area (Å²) in [7, 11) is 0. The zero-order chi connectivity index (χ0) is 34.1. The summed E-state index contributed by atoms with van der Waals surface area (Å²) >= 11 is 5.98. The van der Waals surface area contributed by atoms with Crippen LogP contribution in [0.5, 0.6) is 5.75 Å². The van der Waals surface area contributed by atoms with E-state index < -0.39 is 47.8 Å². The van der Waals surface area contributed by atoms with Crippen molar-refractivity contribution >= 4 is 52.1 Å². The van der Waals surface area contributed by atoms with Gasteiger partial charge >= 0.3 is 0 Å². The summed E-state index contributed by atoms with van der Waals surface area (Å²) in [4.78, 5) is 59.8. The zero-order valence-electron chi connectivity index (χ0n) is 25.6. The number of nitrogens with two attached hydrogens (primary N) is 3. The zero-order valence-corrected chi connectivity index (χ0v) is 26.3. The third kappa shape index (κ3) is 9.71. The van der Waals surface area contributed by atoms with E-state index >= 15 is 0 Å². The Morgan fingerprint density at radius 1 is 0.787 bits per heavy atom. The molecule has 0 bridgehead atoms. The Hall–Kier alpha value is -5.56. The van der Waals surface area contributed by atoms with Crippen LogP contribution >= 0.6 is 11.6 Å². The lowest BCUT2D eigenvalue weighted by atomic mass is 10.0. The van der Waals surface area contributed by atoms with Crippen molar-refractivity contribution in [3.8, 4) is 5.75 Å². The quantitative estimate of drug-likeness (QED) is 0.0725. The molecule has 14 heteroatoms. The van der Waals surface area contributed by atoms with Gasteiger partial charge < -0.3 is 43.2 Å². The van der Waals surface area contributed by atoms with E-state index in [-0.39, 0.29) is 31.0 Å².